The third-order valence-electron chi connectivity index (χ3n) is 2.62. The molecule has 0 saturated carbocycles. The molecule has 0 aromatic heterocycles. The van der Waals surface area contributed by atoms with Crippen LogP contribution >= 0.6 is 0 Å². The molecule has 0 aromatic rings. The van der Waals surface area contributed by atoms with Crippen LogP contribution in [0, 0.1) is 0 Å². The van der Waals surface area contributed by atoms with Crippen LogP contribution in [-0.2, 0) is 4.79 Å². The Balaban J connectivity index is 2.38. The first kappa shape index (κ1) is 10.5. The third-order valence-corrected chi connectivity index (χ3v) is 2.62. The summed E-state index contributed by atoms with van der Waals surface area (Å²) in [6.07, 6.45) is 3.12. The van der Waals surface area contributed by atoms with Crippen LogP contribution < -0.4 is 5.32 Å². The van der Waals surface area contributed by atoms with Crippen molar-refractivity contribution in [2.45, 2.75) is 39.2 Å². The Kier molecular flexibility index (Phi) is 4.22. The fraction of sp³-hybridized carbons (Fsp3) is 0.900. The zero-order valence-electron chi connectivity index (χ0n) is 8.68. The van der Waals surface area contributed by atoms with Crippen molar-refractivity contribution in [2.24, 2.45) is 0 Å². The van der Waals surface area contributed by atoms with Gasteiger partial charge in [0, 0.05) is 25.6 Å². The van der Waals surface area contributed by atoms with Crippen molar-refractivity contribution in [2.75, 3.05) is 19.6 Å². The molecule has 1 fully saturated rings. The van der Waals surface area contributed by atoms with Crippen molar-refractivity contribution < 1.29 is 4.79 Å². The topological polar surface area (TPSA) is 32.3 Å². The molecule has 76 valence electrons. The highest BCUT2D eigenvalue weighted by atomic mass is 16.1. The number of unbranched alkanes of at least 4 members (excludes halogenated alkanes) is 1. The summed E-state index contributed by atoms with van der Waals surface area (Å²) in [6, 6.07) is 0.411. The highest BCUT2D eigenvalue weighted by molar-refractivity contribution is 5.76. The zero-order chi connectivity index (χ0) is 9.68. The molecule has 1 heterocycles. The van der Waals surface area contributed by atoms with E-state index in [1.54, 1.807) is 0 Å². The van der Waals surface area contributed by atoms with Crippen LogP contribution in [0.2, 0.25) is 0 Å². The first-order chi connectivity index (χ1) is 6.24. The standard InChI is InChI=1S/C10H20N2O/c1-3-4-6-12-7-5-11-10(13)8-9(12)2/h9H,3-8H2,1-2H3,(H,11,13). The summed E-state index contributed by atoms with van der Waals surface area (Å²) in [5.74, 6) is 0.200. The maximum Gasteiger partial charge on any atom is 0.221 e. The minimum atomic E-state index is 0.200. The maximum absolute atomic E-state index is 11.2. The molecule has 0 aromatic carbocycles. The molecule has 1 aliphatic heterocycles. The first-order valence-electron chi connectivity index (χ1n) is 5.24. The number of nitrogens with one attached hydrogen (secondary N) is 1. The summed E-state index contributed by atoms with van der Waals surface area (Å²) in [5, 5.41) is 2.90. The van der Waals surface area contributed by atoms with Crippen molar-refractivity contribution in [1.82, 2.24) is 10.2 Å². The van der Waals surface area contributed by atoms with E-state index >= 15 is 0 Å². The number of rotatable bonds is 3. The lowest BCUT2D eigenvalue weighted by Gasteiger charge is -2.25. The van der Waals surface area contributed by atoms with E-state index in [9.17, 15) is 4.79 Å². The van der Waals surface area contributed by atoms with Crippen LogP contribution in [0.1, 0.15) is 33.1 Å². The van der Waals surface area contributed by atoms with Gasteiger partial charge in [0.25, 0.3) is 0 Å². The third kappa shape index (κ3) is 3.35. The van der Waals surface area contributed by atoms with Gasteiger partial charge < -0.3 is 5.32 Å². The highest BCUT2D eigenvalue weighted by Crippen LogP contribution is 2.07. The van der Waals surface area contributed by atoms with E-state index in [0.717, 1.165) is 19.6 Å². The van der Waals surface area contributed by atoms with Crippen LogP contribution in [0.4, 0.5) is 0 Å². The van der Waals surface area contributed by atoms with E-state index in [2.05, 4.69) is 24.1 Å². The zero-order valence-corrected chi connectivity index (χ0v) is 8.68. The number of nitrogens with zero attached hydrogens (tertiary/aromatic N) is 1. The summed E-state index contributed by atoms with van der Waals surface area (Å²) in [5.41, 5.74) is 0. The molecule has 0 spiro atoms. The Bertz CT molecular complexity index is 170. The fourth-order valence-electron chi connectivity index (χ4n) is 1.72. The number of hydrogen-bond donors (Lipinski definition) is 1. The van der Waals surface area contributed by atoms with Gasteiger partial charge in [0.05, 0.1) is 0 Å². The van der Waals surface area contributed by atoms with E-state index in [0.29, 0.717) is 12.5 Å². The molecule has 1 N–H and O–H groups in total. The Morgan fingerprint density at radius 1 is 1.62 bits per heavy atom. The molecule has 1 atom stereocenters. The van der Waals surface area contributed by atoms with Gasteiger partial charge in [-0.25, -0.2) is 0 Å². The molecular weight excluding hydrogens is 164 g/mol. The van der Waals surface area contributed by atoms with Crippen molar-refractivity contribution in [3.05, 3.63) is 0 Å². The van der Waals surface area contributed by atoms with Gasteiger partial charge in [-0.3, -0.25) is 9.69 Å². The molecule has 3 nitrogen and oxygen atoms in total. The molecule has 0 aliphatic carbocycles. The molecular formula is C10H20N2O. The normalized spacial score (nSPS) is 25.4. The molecule has 13 heavy (non-hydrogen) atoms. The van der Waals surface area contributed by atoms with Crippen molar-refractivity contribution >= 4 is 5.91 Å². The summed E-state index contributed by atoms with van der Waals surface area (Å²) >= 11 is 0. The highest BCUT2D eigenvalue weighted by Gasteiger charge is 2.19. The van der Waals surface area contributed by atoms with Crippen molar-refractivity contribution in [3.8, 4) is 0 Å². The second-order valence-electron chi connectivity index (χ2n) is 3.79. The monoisotopic (exact) mass is 184 g/mol. The van der Waals surface area contributed by atoms with Crippen LogP contribution in [0.3, 0.4) is 0 Å². The average Bonchev–Trinajstić information content (AvgIpc) is 2.24. The smallest absolute Gasteiger partial charge is 0.221 e. The molecule has 1 unspecified atom stereocenters. The van der Waals surface area contributed by atoms with Gasteiger partial charge in [-0.05, 0) is 19.9 Å². The first-order valence-corrected chi connectivity index (χ1v) is 5.24. The van der Waals surface area contributed by atoms with Crippen LogP contribution in [0.5, 0.6) is 0 Å². The second-order valence-corrected chi connectivity index (χ2v) is 3.79. The molecule has 0 radical (unpaired) electrons. The van der Waals surface area contributed by atoms with Crippen molar-refractivity contribution in [1.29, 1.82) is 0 Å². The average molecular weight is 184 g/mol. The van der Waals surface area contributed by atoms with Gasteiger partial charge >= 0.3 is 0 Å². The Hall–Kier alpha value is -0.570. The number of carbonyl (C=O) groups excluding carboxylic acids is 1. The summed E-state index contributed by atoms with van der Waals surface area (Å²) in [4.78, 5) is 13.6. The van der Waals surface area contributed by atoms with Gasteiger partial charge in [0.1, 0.15) is 0 Å². The van der Waals surface area contributed by atoms with Crippen LogP contribution in [0.25, 0.3) is 0 Å². The van der Waals surface area contributed by atoms with Crippen LogP contribution in [-0.4, -0.2) is 36.5 Å². The molecule has 1 amide bonds. The Morgan fingerprint density at radius 2 is 2.38 bits per heavy atom. The molecule has 1 saturated heterocycles. The summed E-state index contributed by atoms with van der Waals surface area (Å²) in [6.45, 7) is 7.29. The molecule has 1 aliphatic rings. The molecule has 1 rings (SSSR count). The quantitative estimate of drug-likeness (QED) is 0.709. The minimum Gasteiger partial charge on any atom is -0.355 e. The van der Waals surface area contributed by atoms with Crippen LogP contribution in [0.15, 0.2) is 0 Å². The van der Waals surface area contributed by atoms with Gasteiger partial charge in [-0.1, -0.05) is 13.3 Å². The van der Waals surface area contributed by atoms with Gasteiger partial charge in [0.2, 0.25) is 5.91 Å². The minimum absolute atomic E-state index is 0.200. The van der Waals surface area contributed by atoms with E-state index in [1.165, 1.54) is 12.8 Å². The molecule has 3 heteroatoms. The maximum atomic E-state index is 11.2. The van der Waals surface area contributed by atoms with Gasteiger partial charge in [-0.15, -0.1) is 0 Å². The number of carbonyl (C=O) groups is 1. The number of hydrogen-bond acceptors (Lipinski definition) is 2. The second kappa shape index (κ2) is 5.22. The SMILES string of the molecule is CCCCN1CCNC(=O)CC1C. The predicted octanol–water partition coefficient (Wildman–Crippen LogP) is 0.997. The summed E-state index contributed by atoms with van der Waals surface area (Å²) < 4.78 is 0. The van der Waals surface area contributed by atoms with E-state index in [1.807, 2.05) is 0 Å². The van der Waals surface area contributed by atoms with Gasteiger partial charge in [-0.2, -0.15) is 0 Å². The Morgan fingerprint density at radius 3 is 3.08 bits per heavy atom. The van der Waals surface area contributed by atoms with Gasteiger partial charge in [0.15, 0.2) is 0 Å². The predicted molar refractivity (Wildman–Crippen MR) is 53.6 cm³/mol. The lowest BCUT2D eigenvalue weighted by Crippen LogP contribution is -2.35. The fourth-order valence-corrected chi connectivity index (χ4v) is 1.72. The lowest BCUT2D eigenvalue weighted by atomic mass is 10.2. The molecule has 0 bridgehead atoms. The van der Waals surface area contributed by atoms with E-state index < -0.39 is 0 Å². The lowest BCUT2D eigenvalue weighted by molar-refractivity contribution is -0.121. The van der Waals surface area contributed by atoms with E-state index in [-0.39, 0.29) is 5.91 Å². The largest absolute Gasteiger partial charge is 0.355 e. The van der Waals surface area contributed by atoms with Crippen molar-refractivity contribution in [3.63, 3.8) is 0 Å². The Labute approximate surface area is 80.5 Å². The number of amides is 1. The van der Waals surface area contributed by atoms with E-state index in [4.69, 9.17) is 0 Å². The summed E-state index contributed by atoms with van der Waals surface area (Å²) in [7, 11) is 0.